The van der Waals surface area contributed by atoms with Crippen molar-refractivity contribution in [3.05, 3.63) is 48.3 Å². The number of carbonyl (C=O) groups excluding carboxylic acids is 1. The smallest absolute Gasteiger partial charge is 0.234 e. The van der Waals surface area contributed by atoms with E-state index in [9.17, 15) is 4.79 Å². The van der Waals surface area contributed by atoms with E-state index in [1.807, 2.05) is 49.4 Å². The summed E-state index contributed by atoms with van der Waals surface area (Å²) in [5.41, 5.74) is 1.49. The summed E-state index contributed by atoms with van der Waals surface area (Å²) in [5.74, 6) is 0.962. The Kier molecular flexibility index (Phi) is 3.83. The molecule has 1 aromatic carbocycles. The predicted molar refractivity (Wildman–Crippen MR) is 81.3 cm³/mol. The van der Waals surface area contributed by atoms with Gasteiger partial charge in [0.15, 0.2) is 11.5 Å². The molecule has 0 aliphatic heterocycles. The maximum absolute atomic E-state index is 11.9. The molecule has 1 N–H and O–H groups in total. The first-order valence-corrected chi connectivity index (χ1v) is 7.38. The lowest BCUT2D eigenvalue weighted by atomic mass is 10.3. The fraction of sp³-hybridized carbons (Fsp3) is 0.143. The van der Waals surface area contributed by atoms with Crippen LogP contribution in [0.5, 0.6) is 0 Å². The summed E-state index contributed by atoms with van der Waals surface area (Å²) in [7, 11) is 0. The number of benzene rings is 1. The fourth-order valence-corrected chi connectivity index (χ4v) is 2.47. The molecule has 2 aromatic heterocycles. The van der Waals surface area contributed by atoms with E-state index in [1.165, 1.54) is 11.8 Å². The lowest BCUT2D eigenvalue weighted by Gasteiger charge is -2.04. The van der Waals surface area contributed by atoms with Gasteiger partial charge in [-0.25, -0.2) is 0 Å². The van der Waals surface area contributed by atoms with Gasteiger partial charge in [-0.15, -0.1) is 10.2 Å². The van der Waals surface area contributed by atoms with Gasteiger partial charge in [0.25, 0.3) is 0 Å². The molecule has 0 spiro atoms. The van der Waals surface area contributed by atoms with Crippen LogP contribution in [0.3, 0.4) is 0 Å². The predicted octanol–water partition coefficient (Wildman–Crippen LogP) is 2.16. The molecule has 0 saturated carbocycles. The largest absolute Gasteiger partial charge is 0.325 e. The van der Waals surface area contributed by atoms with Gasteiger partial charge in [-0.2, -0.15) is 9.61 Å². The van der Waals surface area contributed by atoms with Crippen LogP contribution in [0.15, 0.2) is 47.5 Å². The van der Waals surface area contributed by atoms with Gasteiger partial charge in [-0.1, -0.05) is 30.0 Å². The van der Waals surface area contributed by atoms with Crippen LogP contribution in [-0.2, 0) is 4.79 Å². The molecule has 1 amide bonds. The number of nitrogens with zero attached hydrogens (tertiary/aromatic N) is 4. The van der Waals surface area contributed by atoms with Gasteiger partial charge in [0, 0.05) is 5.69 Å². The van der Waals surface area contributed by atoms with Gasteiger partial charge < -0.3 is 5.32 Å². The van der Waals surface area contributed by atoms with Gasteiger partial charge in [-0.3, -0.25) is 4.79 Å². The van der Waals surface area contributed by atoms with Gasteiger partial charge >= 0.3 is 0 Å². The molecule has 106 valence electrons. The first-order chi connectivity index (χ1) is 10.2. The summed E-state index contributed by atoms with van der Waals surface area (Å²) < 4.78 is 1.66. The van der Waals surface area contributed by atoms with E-state index >= 15 is 0 Å². The van der Waals surface area contributed by atoms with Crippen LogP contribution >= 0.6 is 11.8 Å². The van der Waals surface area contributed by atoms with E-state index < -0.39 is 0 Å². The fourth-order valence-electron chi connectivity index (χ4n) is 1.81. The van der Waals surface area contributed by atoms with Gasteiger partial charge in [0.1, 0.15) is 5.03 Å². The summed E-state index contributed by atoms with van der Waals surface area (Å²) >= 11 is 1.38. The second kappa shape index (κ2) is 5.92. The molecule has 0 aliphatic carbocycles. The highest BCUT2D eigenvalue weighted by Crippen LogP contribution is 2.16. The van der Waals surface area contributed by atoms with Crippen LogP contribution in [0.25, 0.3) is 5.65 Å². The van der Waals surface area contributed by atoms with E-state index in [2.05, 4.69) is 20.6 Å². The van der Waals surface area contributed by atoms with Gasteiger partial charge in [-0.05, 0) is 31.2 Å². The summed E-state index contributed by atoms with van der Waals surface area (Å²) in [6.45, 7) is 1.84. The normalized spacial score (nSPS) is 10.7. The Morgan fingerprint density at radius 1 is 1.19 bits per heavy atom. The van der Waals surface area contributed by atoms with Crippen molar-refractivity contribution in [1.82, 2.24) is 19.8 Å². The highest BCUT2D eigenvalue weighted by atomic mass is 32.2. The minimum absolute atomic E-state index is 0.0615. The highest BCUT2D eigenvalue weighted by molar-refractivity contribution is 7.99. The van der Waals surface area contributed by atoms with Crippen LogP contribution in [0.1, 0.15) is 5.82 Å². The van der Waals surface area contributed by atoms with E-state index in [0.29, 0.717) is 11.4 Å². The summed E-state index contributed by atoms with van der Waals surface area (Å²) in [6.07, 6.45) is 0. The zero-order valence-corrected chi connectivity index (χ0v) is 12.2. The lowest BCUT2D eigenvalue weighted by molar-refractivity contribution is -0.113. The van der Waals surface area contributed by atoms with E-state index in [1.54, 1.807) is 4.52 Å². The molecular formula is C14H13N5OS. The van der Waals surface area contributed by atoms with Crippen molar-refractivity contribution in [2.24, 2.45) is 0 Å². The zero-order chi connectivity index (χ0) is 14.7. The minimum atomic E-state index is -0.0615. The number of aromatic nitrogens is 4. The average molecular weight is 299 g/mol. The Balaban J connectivity index is 1.63. The lowest BCUT2D eigenvalue weighted by Crippen LogP contribution is -2.14. The molecule has 0 unspecified atom stereocenters. The maximum Gasteiger partial charge on any atom is 0.234 e. The molecule has 0 radical (unpaired) electrons. The highest BCUT2D eigenvalue weighted by Gasteiger charge is 2.07. The average Bonchev–Trinajstić information content (AvgIpc) is 2.87. The molecule has 3 rings (SSSR count). The summed E-state index contributed by atoms with van der Waals surface area (Å²) in [6, 6.07) is 13.1. The second-order valence-electron chi connectivity index (χ2n) is 4.39. The minimum Gasteiger partial charge on any atom is -0.325 e. The second-order valence-corrected chi connectivity index (χ2v) is 5.39. The number of nitrogens with one attached hydrogen (secondary N) is 1. The summed E-state index contributed by atoms with van der Waals surface area (Å²) in [4.78, 5) is 11.9. The molecule has 7 heteroatoms. The number of hydrogen-bond acceptors (Lipinski definition) is 5. The van der Waals surface area contributed by atoms with Crippen molar-refractivity contribution in [2.75, 3.05) is 11.1 Å². The summed E-state index contributed by atoms with van der Waals surface area (Å²) in [5, 5.41) is 15.9. The quantitative estimate of drug-likeness (QED) is 0.747. The Bertz CT molecular complexity index is 771. The third-order valence-electron chi connectivity index (χ3n) is 2.80. The van der Waals surface area contributed by atoms with Crippen molar-refractivity contribution >= 4 is 29.0 Å². The third-order valence-corrected chi connectivity index (χ3v) is 3.72. The van der Waals surface area contributed by atoms with Crippen molar-refractivity contribution in [3.63, 3.8) is 0 Å². The first-order valence-electron chi connectivity index (χ1n) is 6.39. The standard InChI is InChI=1S/C14H13N5OS/c1-10-16-17-12-7-8-14(18-19(10)12)21-9-13(20)15-11-5-3-2-4-6-11/h2-8H,9H2,1H3,(H,15,20). The molecule has 21 heavy (non-hydrogen) atoms. The first kappa shape index (κ1) is 13.6. The zero-order valence-electron chi connectivity index (χ0n) is 11.4. The molecule has 2 heterocycles. The van der Waals surface area contributed by atoms with E-state index in [4.69, 9.17) is 0 Å². The van der Waals surface area contributed by atoms with Crippen molar-refractivity contribution < 1.29 is 4.79 Å². The Hall–Kier alpha value is -2.41. The molecule has 0 fully saturated rings. The van der Waals surface area contributed by atoms with Crippen LogP contribution in [-0.4, -0.2) is 31.5 Å². The van der Waals surface area contributed by atoms with Crippen LogP contribution in [0.2, 0.25) is 0 Å². The van der Waals surface area contributed by atoms with Crippen LogP contribution in [0.4, 0.5) is 5.69 Å². The molecule has 3 aromatic rings. The number of thioether (sulfide) groups is 1. The van der Waals surface area contributed by atoms with Gasteiger partial charge in [0.05, 0.1) is 5.75 Å². The monoisotopic (exact) mass is 299 g/mol. The van der Waals surface area contributed by atoms with Crippen molar-refractivity contribution in [1.29, 1.82) is 0 Å². The van der Waals surface area contributed by atoms with Crippen LogP contribution < -0.4 is 5.32 Å². The number of hydrogen-bond donors (Lipinski definition) is 1. The van der Waals surface area contributed by atoms with Crippen molar-refractivity contribution in [2.45, 2.75) is 11.9 Å². The number of carbonyl (C=O) groups is 1. The number of fused-ring (bicyclic) bond motifs is 1. The van der Waals surface area contributed by atoms with Crippen molar-refractivity contribution in [3.8, 4) is 0 Å². The topological polar surface area (TPSA) is 72.2 Å². The van der Waals surface area contributed by atoms with Gasteiger partial charge in [0.2, 0.25) is 5.91 Å². The molecule has 0 saturated heterocycles. The van der Waals surface area contributed by atoms with Crippen LogP contribution in [0, 0.1) is 6.92 Å². The molecule has 0 bridgehead atoms. The number of anilines is 1. The molecule has 0 aliphatic rings. The van der Waals surface area contributed by atoms with E-state index in [-0.39, 0.29) is 5.91 Å². The number of aryl methyl sites for hydroxylation is 1. The Labute approximate surface area is 125 Å². The third kappa shape index (κ3) is 3.19. The van der Waals surface area contributed by atoms with E-state index in [0.717, 1.165) is 16.5 Å². The number of amides is 1. The molecular weight excluding hydrogens is 286 g/mol. The maximum atomic E-state index is 11.9. The molecule has 0 atom stereocenters. The Morgan fingerprint density at radius 2 is 2.00 bits per heavy atom. The molecule has 6 nitrogen and oxygen atoms in total. The SMILES string of the molecule is Cc1nnc2ccc(SCC(=O)Nc3ccccc3)nn12. The Morgan fingerprint density at radius 3 is 2.81 bits per heavy atom. The number of para-hydroxylation sites is 1. The number of rotatable bonds is 4.